The summed E-state index contributed by atoms with van der Waals surface area (Å²) in [4.78, 5) is 24.2. The summed E-state index contributed by atoms with van der Waals surface area (Å²) in [5.41, 5.74) is -1.84. The molecule has 1 aromatic rings. The number of nitrogens with one attached hydrogen (secondary N) is 1. The van der Waals surface area contributed by atoms with Gasteiger partial charge >= 0.3 is 5.69 Å². The second-order valence-electron chi connectivity index (χ2n) is 4.00. The minimum atomic E-state index is -1.07. The van der Waals surface area contributed by atoms with Gasteiger partial charge in [0.05, 0.1) is 18.4 Å². The van der Waals surface area contributed by atoms with Gasteiger partial charge in [0.1, 0.15) is 6.23 Å². The molecular weight excluding hydrogens is 247 g/mol. The third-order valence-electron chi connectivity index (χ3n) is 2.85. The zero-order valence-corrected chi connectivity index (χ0v) is 9.59. The molecule has 3 atom stereocenters. The fourth-order valence-corrected chi connectivity index (χ4v) is 1.93. The average molecular weight is 259 g/mol. The molecule has 0 aromatic carbocycles. The van der Waals surface area contributed by atoms with Gasteiger partial charge in [-0.05, 0) is 13.7 Å². The van der Waals surface area contributed by atoms with Crippen molar-refractivity contribution in [1.82, 2.24) is 9.55 Å². The lowest BCUT2D eigenvalue weighted by Gasteiger charge is -2.16. The number of halogens is 1. The molecule has 1 N–H and O–H groups in total. The molecule has 100 valence electrons. The van der Waals surface area contributed by atoms with Gasteiger partial charge in [-0.2, -0.15) is 4.39 Å². The van der Waals surface area contributed by atoms with Crippen molar-refractivity contribution in [1.29, 1.82) is 0 Å². The van der Waals surface area contributed by atoms with Crippen LogP contribution < -0.4 is 16.4 Å². The lowest BCUT2D eigenvalue weighted by molar-refractivity contribution is -0.438. The van der Waals surface area contributed by atoms with Gasteiger partial charge in [-0.3, -0.25) is 14.3 Å². The van der Waals surface area contributed by atoms with E-state index in [4.69, 9.17) is 9.47 Å². The third kappa shape index (κ3) is 2.35. The number of aromatic amines is 1. The van der Waals surface area contributed by atoms with Gasteiger partial charge in [-0.25, -0.2) is 4.79 Å². The van der Waals surface area contributed by atoms with Crippen LogP contribution in [-0.4, -0.2) is 28.6 Å². The van der Waals surface area contributed by atoms with Crippen LogP contribution in [0.3, 0.4) is 0 Å². The maximum atomic E-state index is 13.1. The summed E-state index contributed by atoms with van der Waals surface area (Å²) in [5.74, 6) is -1.07. The molecule has 0 amide bonds. The van der Waals surface area contributed by atoms with Crippen molar-refractivity contribution >= 4 is 0 Å². The quantitative estimate of drug-likeness (QED) is 0.679. The van der Waals surface area contributed by atoms with E-state index in [1.807, 2.05) is 4.98 Å². The van der Waals surface area contributed by atoms with Crippen LogP contribution in [0.4, 0.5) is 4.39 Å². The van der Waals surface area contributed by atoms with E-state index in [0.29, 0.717) is 0 Å². The standard InChI is InChI=1S/C10H12FN2O5/c1-5-7(17-4-14)2-8(18-5)13-3-6(11)9(15)12-10(13)16/h3,5,7-8H,2,4H2,1H3,(H,12,15,16)/q-1/t5-,7+,8-/m1/s1. The highest BCUT2D eigenvalue weighted by Crippen LogP contribution is 2.29. The van der Waals surface area contributed by atoms with Gasteiger partial charge < -0.3 is 14.6 Å². The van der Waals surface area contributed by atoms with Crippen LogP contribution in [0, 0.1) is 5.82 Å². The molecule has 1 aliphatic rings. The molecule has 1 aliphatic heterocycles. The van der Waals surface area contributed by atoms with E-state index in [-0.39, 0.29) is 12.5 Å². The van der Waals surface area contributed by atoms with Crippen LogP contribution in [0.5, 0.6) is 0 Å². The van der Waals surface area contributed by atoms with Crippen LogP contribution in [0.15, 0.2) is 15.8 Å². The summed E-state index contributed by atoms with van der Waals surface area (Å²) in [5, 5.41) is 10.4. The van der Waals surface area contributed by atoms with Crippen LogP contribution in [0.2, 0.25) is 0 Å². The van der Waals surface area contributed by atoms with E-state index >= 15 is 0 Å². The molecule has 0 saturated carbocycles. The van der Waals surface area contributed by atoms with E-state index in [1.54, 1.807) is 6.92 Å². The Morgan fingerprint density at radius 2 is 2.39 bits per heavy atom. The Balaban J connectivity index is 2.26. The molecule has 2 heterocycles. The van der Waals surface area contributed by atoms with Crippen molar-refractivity contribution in [2.24, 2.45) is 0 Å². The molecule has 0 radical (unpaired) electrons. The molecule has 18 heavy (non-hydrogen) atoms. The second-order valence-corrected chi connectivity index (χ2v) is 4.00. The van der Waals surface area contributed by atoms with E-state index in [0.717, 1.165) is 10.8 Å². The van der Waals surface area contributed by atoms with Crippen molar-refractivity contribution in [3.63, 3.8) is 0 Å². The van der Waals surface area contributed by atoms with Crippen molar-refractivity contribution < 1.29 is 19.0 Å². The first-order valence-corrected chi connectivity index (χ1v) is 5.39. The van der Waals surface area contributed by atoms with Gasteiger partial charge in [0.25, 0.3) is 5.56 Å². The fourth-order valence-electron chi connectivity index (χ4n) is 1.93. The number of hydrogen-bond donors (Lipinski definition) is 1. The summed E-state index contributed by atoms with van der Waals surface area (Å²) >= 11 is 0. The predicted octanol–water partition coefficient (Wildman–Crippen LogP) is -1.31. The highest BCUT2D eigenvalue weighted by molar-refractivity contribution is 4.90. The van der Waals surface area contributed by atoms with Gasteiger partial charge in [-0.1, -0.05) is 0 Å². The second kappa shape index (κ2) is 5.01. The van der Waals surface area contributed by atoms with E-state index < -0.39 is 36.2 Å². The monoisotopic (exact) mass is 259 g/mol. The Morgan fingerprint density at radius 1 is 1.67 bits per heavy atom. The third-order valence-corrected chi connectivity index (χ3v) is 2.85. The number of H-pyrrole nitrogens is 1. The van der Waals surface area contributed by atoms with Crippen LogP contribution in [-0.2, 0) is 9.47 Å². The molecule has 7 nitrogen and oxygen atoms in total. The number of ether oxygens (including phenoxy) is 2. The lowest BCUT2D eigenvalue weighted by Crippen LogP contribution is -2.33. The lowest BCUT2D eigenvalue weighted by atomic mass is 10.2. The first kappa shape index (κ1) is 12.9. The SMILES string of the molecule is C[C@H]1O[C@@H](n2cc(F)c(=O)[nH]c2=O)C[C@@H]1OC[O-]. The van der Waals surface area contributed by atoms with Gasteiger partial charge in [0.2, 0.25) is 5.82 Å². The molecule has 1 aromatic heterocycles. The van der Waals surface area contributed by atoms with E-state index in [1.165, 1.54) is 0 Å². The molecule has 0 bridgehead atoms. The molecule has 8 heteroatoms. The highest BCUT2D eigenvalue weighted by atomic mass is 19.1. The smallest absolute Gasteiger partial charge is 0.330 e. The Labute approximate surface area is 101 Å². The zero-order valence-electron chi connectivity index (χ0n) is 9.59. The van der Waals surface area contributed by atoms with Crippen molar-refractivity contribution in [2.75, 3.05) is 6.79 Å². The molecule has 0 aliphatic carbocycles. The summed E-state index contributed by atoms with van der Waals surface area (Å²) in [6.45, 7) is 0.980. The Hall–Kier alpha value is -1.51. The largest absolute Gasteiger partial charge is 0.834 e. The predicted molar refractivity (Wildman–Crippen MR) is 55.2 cm³/mol. The van der Waals surface area contributed by atoms with Crippen LogP contribution >= 0.6 is 0 Å². The minimum Gasteiger partial charge on any atom is -0.834 e. The van der Waals surface area contributed by atoms with Crippen LogP contribution in [0.1, 0.15) is 19.6 Å². The summed E-state index contributed by atoms with van der Waals surface area (Å²) in [6.07, 6.45) is -0.553. The molecule has 1 fully saturated rings. The highest BCUT2D eigenvalue weighted by Gasteiger charge is 2.34. The Kier molecular flexibility index (Phi) is 3.60. The number of hydrogen-bond acceptors (Lipinski definition) is 5. The topological polar surface area (TPSA) is 96.4 Å². The van der Waals surface area contributed by atoms with Crippen molar-refractivity contribution in [3.8, 4) is 0 Å². The van der Waals surface area contributed by atoms with Gasteiger partial charge in [0, 0.05) is 6.42 Å². The van der Waals surface area contributed by atoms with Crippen molar-refractivity contribution in [2.45, 2.75) is 31.8 Å². The molecule has 0 spiro atoms. The van der Waals surface area contributed by atoms with E-state index in [9.17, 15) is 19.1 Å². The van der Waals surface area contributed by atoms with Crippen molar-refractivity contribution in [3.05, 3.63) is 32.9 Å². The molecule has 2 rings (SSSR count). The zero-order chi connectivity index (χ0) is 13.3. The summed E-state index contributed by atoms with van der Waals surface area (Å²) in [6, 6.07) is 0. The first-order valence-electron chi connectivity index (χ1n) is 5.39. The molecular formula is C10H12FN2O5-. The Bertz CT molecular complexity index is 540. The summed E-state index contributed by atoms with van der Waals surface area (Å²) in [7, 11) is 0. The average Bonchev–Trinajstić information content (AvgIpc) is 2.66. The number of rotatable bonds is 3. The molecule has 0 unspecified atom stereocenters. The maximum Gasteiger partial charge on any atom is 0.330 e. The number of aromatic nitrogens is 2. The Morgan fingerprint density at radius 3 is 3.06 bits per heavy atom. The minimum absolute atomic E-state index is 0.245. The van der Waals surface area contributed by atoms with Gasteiger partial charge in [-0.15, -0.1) is 0 Å². The normalized spacial score (nSPS) is 27.6. The first-order chi connectivity index (χ1) is 8.52. The fraction of sp³-hybridized carbons (Fsp3) is 0.600. The van der Waals surface area contributed by atoms with Crippen LogP contribution in [0.25, 0.3) is 0 Å². The van der Waals surface area contributed by atoms with Gasteiger partial charge in [0.15, 0.2) is 0 Å². The van der Waals surface area contributed by atoms with E-state index in [2.05, 4.69) is 0 Å². The maximum absolute atomic E-state index is 13.1. The molecule has 1 saturated heterocycles. The summed E-state index contributed by atoms with van der Waals surface area (Å²) < 4.78 is 24.4. The number of nitrogens with zero attached hydrogens (tertiary/aromatic N) is 1.